The highest BCUT2D eigenvalue weighted by Crippen LogP contribution is 2.24. The van der Waals surface area contributed by atoms with Gasteiger partial charge in [0, 0.05) is 0 Å². The third-order valence-corrected chi connectivity index (χ3v) is 1.97. The highest BCUT2D eigenvalue weighted by molar-refractivity contribution is 6.31. The van der Waals surface area contributed by atoms with Gasteiger partial charge in [0.25, 0.3) is 0 Å². The van der Waals surface area contributed by atoms with Crippen molar-refractivity contribution in [3.63, 3.8) is 0 Å². The highest BCUT2D eigenvalue weighted by Gasteiger charge is 2.18. The number of hydrogen-bond donors (Lipinski definition) is 0. The minimum atomic E-state index is -0.989. The van der Waals surface area contributed by atoms with Gasteiger partial charge in [0.1, 0.15) is 5.82 Å². The summed E-state index contributed by atoms with van der Waals surface area (Å²) in [6.07, 6.45) is 0. The second-order valence-corrected chi connectivity index (χ2v) is 3.14. The third kappa shape index (κ3) is 1.70. The summed E-state index contributed by atoms with van der Waals surface area (Å²) in [4.78, 5) is 10.9. The van der Waals surface area contributed by atoms with Gasteiger partial charge in [-0.3, -0.25) is 4.79 Å². The standard InChI is InChI=1S/C9H7ClF2O/c1-4-3-6(10)9(12)7(5(2)13)8(4)11/h3H,1-2H3. The smallest absolute Gasteiger partial charge is 0.165 e. The van der Waals surface area contributed by atoms with E-state index in [2.05, 4.69) is 0 Å². The molecule has 1 aromatic carbocycles. The van der Waals surface area contributed by atoms with Gasteiger partial charge < -0.3 is 0 Å². The molecule has 0 saturated carbocycles. The number of carbonyl (C=O) groups excluding carboxylic acids is 1. The molecule has 0 bridgehead atoms. The number of ketones is 1. The second-order valence-electron chi connectivity index (χ2n) is 2.73. The fourth-order valence-electron chi connectivity index (χ4n) is 1.04. The van der Waals surface area contributed by atoms with Gasteiger partial charge in [-0.25, -0.2) is 8.78 Å². The van der Waals surface area contributed by atoms with Crippen LogP contribution < -0.4 is 0 Å². The zero-order valence-electron chi connectivity index (χ0n) is 7.12. The summed E-state index contributed by atoms with van der Waals surface area (Å²) in [5.41, 5.74) is -0.401. The van der Waals surface area contributed by atoms with E-state index in [1.54, 1.807) is 0 Å². The first kappa shape index (κ1) is 10.1. The van der Waals surface area contributed by atoms with Crippen LogP contribution in [-0.4, -0.2) is 5.78 Å². The fraction of sp³-hybridized carbons (Fsp3) is 0.222. The average Bonchev–Trinajstić information content (AvgIpc) is 2.01. The number of carbonyl (C=O) groups is 1. The van der Waals surface area contributed by atoms with Gasteiger partial charge in [-0.15, -0.1) is 0 Å². The van der Waals surface area contributed by atoms with Crippen molar-refractivity contribution >= 4 is 17.4 Å². The summed E-state index contributed by atoms with van der Waals surface area (Å²) in [5.74, 6) is -2.49. The van der Waals surface area contributed by atoms with Crippen LogP contribution in [0.5, 0.6) is 0 Å². The highest BCUT2D eigenvalue weighted by atomic mass is 35.5. The number of hydrogen-bond acceptors (Lipinski definition) is 1. The molecule has 0 aliphatic rings. The Labute approximate surface area is 79.3 Å². The van der Waals surface area contributed by atoms with Crippen LogP contribution in [0.1, 0.15) is 22.8 Å². The van der Waals surface area contributed by atoms with E-state index in [1.807, 2.05) is 0 Å². The monoisotopic (exact) mass is 204 g/mol. The minimum absolute atomic E-state index is 0.164. The Morgan fingerprint density at radius 3 is 2.38 bits per heavy atom. The molecule has 1 aromatic rings. The van der Waals surface area contributed by atoms with Gasteiger partial charge >= 0.3 is 0 Å². The molecule has 0 spiro atoms. The molecule has 70 valence electrons. The molecular weight excluding hydrogens is 198 g/mol. The number of benzene rings is 1. The quantitative estimate of drug-likeness (QED) is 0.507. The molecule has 13 heavy (non-hydrogen) atoms. The Morgan fingerprint density at radius 1 is 1.38 bits per heavy atom. The van der Waals surface area contributed by atoms with E-state index < -0.39 is 23.0 Å². The van der Waals surface area contributed by atoms with Crippen molar-refractivity contribution in [1.29, 1.82) is 0 Å². The largest absolute Gasteiger partial charge is 0.294 e. The molecule has 4 heteroatoms. The van der Waals surface area contributed by atoms with Crippen molar-refractivity contribution in [3.05, 3.63) is 33.9 Å². The normalized spacial score (nSPS) is 10.2. The summed E-state index contributed by atoms with van der Waals surface area (Å²) in [5, 5.41) is -0.232. The first-order chi connectivity index (χ1) is 5.95. The summed E-state index contributed by atoms with van der Waals surface area (Å²) < 4.78 is 26.3. The molecule has 0 atom stereocenters. The minimum Gasteiger partial charge on any atom is -0.294 e. The molecule has 1 nitrogen and oxygen atoms in total. The number of aryl methyl sites for hydroxylation is 1. The van der Waals surface area contributed by atoms with Crippen LogP contribution in [0.15, 0.2) is 6.07 Å². The van der Waals surface area contributed by atoms with E-state index in [0.717, 1.165) is 13.0 Å². The Morgan fingerprint density at radius 2 is 1.92 bits per heavy atom. The molecule has 0 aromatic heterocycles. The molecule has 0 N–H and O–H groups in total. The second kappa shape index (κ2) is 3.42. The molecule has 0 saturated heterocycles. The van der Waals surface area contributed by atoms with E-state index in [9.17, 15) is 13.6 Å². The summed E-state index contributed by atoms with van der Waals surface area (Å²) >= 11 is 5.44. The van der Waals surface area contributed by atoms with E-state index in [4.69, 9.17) is 11.6 Å². The number of rotatable bonds is 1. The molecule has 0 aliphatic heterocycles. The van der Waals surface area contributed by atoms with Crippen molar-refractivity contribution in [2.45, 2.75) is 13.8 Å². The van der Waals surface area contributed by atoms with Crippen molar-refractivity contribution in [3.8, 4) is 0 Å². The lowest BCUT2D eigenvalue weighted by Crippen LogP contribution is -2.04. The zero-order chi connectivity index (χ0) is 10.2. The Hall–Kier alpha value is -0.960. The zero-order valence-corrected chi connectivity index (χ0v) is 7.88. The van der Waals surface area contributed by atoms with Gasteiger partial charge in [0.2, 0.25) is 0 Å². The lowest BCUT2D eigenvalue weighted by molar-refractivity contribution is 0.100. The number of halogens is 3. The van der Waals surface area contributed by atoms with E-state index in [0.29, 0.717) is 0 Å². The van der Waals surface area contributed by atoms with Crippen molar-refractivity contribution < 1.29 is 13.6 Å². The van der Waals surface area contributed by atoms with Crippen LogP contribution in [0.4, 0.5) is 8.78 Å². The molecule has 0 unspecified atom stereocenters. The van der Waals surface area contributed by atoms with Crippen LogP contribution >= 0.6 is 11.6 Å². The summed E-state index contributed by atoms with van der Waals surface area (Å²) in [6.45, 7) is 2.52. The van der Waals surface area contributed by atoms with E-state index in [-0.39, 0.29) is 10.6 Å². The Bertz CT molecular complexity index is 348. The predicted octanol–water partition coefficient (Wildman–Crippen LogP) is 3.13. The molecule has 0 radical (unpaired) electrons. The van der Waals surface area contributed by atoms with Gasteiger partial charge in [-0.1, -0.05) is 11.6 Å². The molecule has 0 fully saturated rings. The average molecular weight is 205 g/mol. The van der Waals surface area contributed by atoms with Gasteiger partial charge in [-0.2, -0.15) is 0 Å². The third-order valence-electron chi connectivity index (χ3n) is 1.69. The molecule has 1 rings (SSSR count). The summed E-state index contributed by atoms with van der Waals surface area (Å²) in [7, 11) is 0. The molecular formula is C9H7ClF2O. The van der Waals surface area contributed by atoms with Crippen LogP contribution in [0.25, 0.3) is 0 Å². The van der Waals surface area contributed by atoms with E-state index in [1.165, 1.54) is 6.92 Å². The van der Waals surface area contributed by atoms with Crippen molar-refractivity contribution in [1.82, 2.24) is 0 Å². The topological polar surface area (TPSA) is 17.1 Å². The maximum absolute atomic E-state index is 13.2. The Kier molecular flexibility index (Phi) is 2.66. The molecule has 0 aliphatic carbocycles. The first-order valence-electron chi connectivity index (χ1n) is 3.60. The maximum Gasteiger partial charge on any atom is 0.165 e. The van der Waals surface area contributed by atoms with Crippen molar-refractivity contribution in [2.75, 3.05) is 0 Å². The lowest BCUT2D eigenvalue weighted by Gasteiger charge is -2.05. The van der Waals surface area contributed by atoms with Crippen LogP contribution in [-0.2, 0) is 0 Å². The van der Waals surface area contributed by atoms with E-state index >= 15 is 0 Å². The van der Waals surface area contributed by atoms with Crippen LogP contribution in [0.2, 0.25) is 5.02 Å². The summed E-state index contributed by atoms with van der Waals surface area (Å²) in [6, 6.07) is 1.15. The fourth-order valence-corrected chi connectivity index (χ4v) is 1.30. The maximum atomic E-state index is 13.2. The van der Waals surface area contributed by atoms with Crippen molar-refractivity contribution in [2.24, 2.45) is 0 Å². The number of Topliss-reactive ketones (excluding diaryl/α,β-unsaturated/α-hetero) is 1. The molecule has 0 heterocycles. The van der Waals surface area contributed by atoms with Crippen LogP contribution in [0.3, 0.4) is 0 Å². The SMILES string of the molecule is CC(=O)c1c(F)c(C)cc(Cl)c1F. The first-order valence-corrected chi connectivity index (χ1v) is 3.98. The van der Waals surface area contributed by atoms with Gasteiger partial charge in [0.05, 0.1) is 10.6 Å². The predicted molar refractivity (Wildman–Crippen MR) is 46.1 cm³/mol. The lowest BCUT2D eigenvalue weighted by atomic mass is 10.1. The van der Waals surface area contributed by atoms with Gasteiger partial charge in [0.15, 0.2) is 11.6 Å². The molecule has 0 amide bonds. The van der Waals surface area contributed by atoms with Gasteiger partial charge in [-0.05, 0) is 25.5 Å². The van der Waals surface area contributed by atoms with Crippen LogP contribution in [0, 0.1) is 18.6 Å². The Balaban J connectivity index is 3.56.